The number of hydrogen-bond donors (Lipinski definition) is 1. The van der Waals surface area contributed by atoms with Crippen LogP contribution in [0.15, 0.2) is 39.9 Å². The summed E-state index contributed by atoms with van der Waals surface area (Å²) < 4.78 is 5.65. The average molecular weight is 345 g/mol. The largest absolute Gasteiger partial charge is 0.440 e. The van der Waals surface area contributed by atoms with Gasteiger partial charge in [-0.3, -0.25) is 25.7 Å². The minimum Gasteiger partial charge on any atom is -0.440 e. The summed E-state index contributed by atoms with van der Waals surface area (Å²) >= 11 is 0. The maximum absolute atomic E-state index is 11.0. The molecule has 1 saturated heterocycles. The Bertz CT molecular complexity index is 825. The van der Waals surface area contributed by atoms with E-state index in [2.05, 4.69) is 15.4 Å². The van der Waals surface area contributed by atoms with Crippen LogP contribution in [0.3, 0.4) is 0 Å². The number of hydrazone groups is 1. The second-order valence-electron chi connectivity index (χ2n) is 5.46. The monoisotopic (exact) mass is 345 g/mol. The molecule has 1 aliphatic rings. The zero-order chi connectivity index (χ0) is 17.8. The van der Waals surface area contributed by atoms with Crippen molar-refractivity contribution in [2.75, 3.05) is 23.4 Å². The number of furan rings is 1. The number of nitrogens with one attached hydrogen (secondary N) is 1. The lowest BCUT2D eigenvalue weighted by Crippen LogP contribution is -2.16. The first-order valence-electron chi connectivity index (χ1n) is 7.61. The van der Waals surface area contributed by atoms with E-state index >= 15 is 0 Å². The molecule has 0 aliphatic carbocycles. The van der Waals surface area contributed by atoms with E-state index in [4.69, 9.17) is 4.42 Å². The second-order valence-corrected chi connectivity index (χ2v) is 5.46. The molecule has 0 bridgehead atoms. The average Bonchev–Trinajstić information content (AvgIpc) is 3.26. The molecule has 25 heavy (non-hydrogen) atoms. The van der Waals surface area contributed by atoms with Crippen molar-refractivity contribution in [3.8, 4) is 0 Å². The Morgan fingerprint density at radius 1 is 1.12 bits per heavy atom. The van der Waals surface area contributed by atoms with Crippen molar-refractivity contribution in [2.45, 2.75) is 12.8 Å². The Kier molecular flexibility index (Phi) is 4.59. The lowest BCUT2D eigenvalue weighted by atomic mass is 10.2. The second kappa shape index (κ2) is 6.99. The molecule has 1 aromatic carbocycles. The van der Waals surface area contributed by atoms with Gasteiger partial charge in [0, 0.05) is 25.2 Å². The fraction of sp³-hybridized carbons (Fsp3) is 0.267. The van der Waals surface area contributed by atoms with Crippen LogP contribution in [-0.2, 0) is 0 Å². The highest BCUT2D eigenvalue weighted by atomic mass is 16.6. The number of benzene rings is 1. The first kappa shape index (κ1) is 16.4. The van der Waals surface area contributed by atoms with Crippen LogP contribution >= 0.6 is 0 Å². The Hall–Kier alpha value is -3.43. The van der Waals surface area contributed by atoms with Gasteiger partial charge in [0.25, 0.3) is 5.69 Å². The number of nitrogens with zero attached hydrogens (tertiary/aromatic N) is 4. The lowest BCUT2D eigenvalue weighted by Gasteiger charge is -2.12. The smallest absolute Gasteiger partial charge is 0.301 e. The zero-order valence-electron chi connectivity index (χ0n) is 13.1. The fourth-order valence-corrected chi connectivity index (χ4v) is 2.56. The number of non-ortho nitro benzene ring substituents is 1. The molecule has 1 fully saturated rings. The minimum absolute atomic E-state index is 0.0539. The third-order valence-electron chi connectivity index (χ3n) is 3.80. The normalized spacial score (nSPS) is 14.2. The van der Waals surface area contributed by atoms with Gasteiger partial charge in [-0.25, -0.2) is 0 Å². The fourth-order valence-electron chi connectivity index (χ4n) is 2.56. The van der Waals surface area contributed by atoms with Gasteiger partial charge in [-0.1, -0.05) is 0 Å². The van der Waals surface area contributed by atoms with E-state index in [1.165, 1.54) is 18.3 Å². The number of anilines is 2. The zero-order valence-corrected chi connectivity index (χ0v) is 13.1. The van der Waals surface area contributed by atoms with Crippen molar-refractivity contribution in [1.82, 2.24) is 0 Å². The molecule has 0 spiro atoms. The Morgan fingerprint density at radius 2 is 1.88 bits per heavy atom. The molecule has 3 rings (SSSR count). The van der Waals surface area contributed by atoms with Gasteiger partial charge in [0.2, 0.25) is 0 Å². The van der Waals surface area contributed by atoms with Crippen molar-refractivity contribution in [2.24, 2.45) is 5.10 Å². The summed E-state index contributed by atoms with van der Waals surface area (Å²) in [7, 11) is 0. The van der Waals surface area contributed by atoms with Crippen LogP contribution in [0.5, 0.6) is 0 Å². The van der Waals surface area contributed by atoms with Crippen LogP contribution < -0.4 is 10.3 Å². The minimum atomic E-state index is -0.705. The molecule has 1 aromatic heterocycles. The summed E-state index contributed by atoms with van der Waals surface area (Å²) in [4.78, 5) is 22.5. The van der Waals surface area contributed by atoms with Crippen LogP contribution in [0.4, 0.5) is 22.9 Å². The van der Waals surface area contributed by atoms with Gasteiger partial charge in [-0.2, -0.15) is 5.10 Å². The third-order valence-corrected chi connectivity index (χ3v) is 3.80. The maximum atomic E-state index is 11.0. The number of rotatable bonds is 6. The summed E-state index contributed by atoms with van der Waals surface area (Å²) in [5.41, 5.74) is 1.79. The summed E-state index contributed by atoms with van der Waals surface area (Å²) in [6, 6.07) is 6.90. The molecule has 0 unspecified atom stereocenters. The van der Waals surface area contributed by atoms with Crippen LogP contribution in [0.1, 0.15) is 18.6 Å². The molecule has 0 saturated carbocycles. The van der Waals surface area contributed by atoms with E-state index in [1.807, 2.05) is 6.07 Å². The Morgan fingerprint density at radius 3 is 2.56 bits per heavy atom. The van der Waals surface area contributed by atoms with Gasteiger partial charge in [-0.05, 0) is 25.0 Å². The molecule has 1 aliphatic heterocycles. The standard InChI is InChI=1S/C15H15N5O5/c21-19(22)11-3-5-13(14(9-11)20(23)24)17-16-10-12-4-6-15(25-12)18-7-1-2-8-18/h3-6,9-10,17H,1-2,7-8H2/b16-10-. The molecule has 130 valence electrons. The van der Waals surface area contributed by atoms with E-state index in [1.54, 1.807) is 6.07 Å². The molecule has 0 amide bonds. The number of nitro groups is 2. The van der Waals surface area contributed by atoms with Crippen LogP contribution in [-0.4, -0.2) is 29.2 Å². The van der Waals surface area contributed by atoms with Gasteiger partial charge >= 0.3 is 5.69 Å². The molecular weight excluding hydrogens is 330 g/mol. The topological polar surface area (TPSA) is 127 Å². The molecule has 10 heteroatoms. The van der Waals surface area contributed by atoms with Crippen molar-refractivity contribution in [1.29, 1.82) is 0 Å². The van der Waals surface area contributed by atoms with E-state index in [0.29, 0.717) is 5.76 Å². The van der Waals surface area contributed by atoms with Crippen LogP contribution in [0, 0.1) is 20.2 Å². The van der Waals surface area contributed by atoms with Gasteiger partial charge < -0.3 is 9.32 Å². The van der Waals surface area contributed by atoms with Gasteiger partial charge in [0.1, 0.15) is 11.4 Å². The van der Waals surface area contributed by atoms with Crippen LogP contribution in [0.25, 0.3) is 0 Å². The molecule has 2 aromatic rings. The number of nitro benzene ring substituents is 2. The highest BCUT2D eigenvalue weighted by molar-refractivity contribution is 5.78. The molecule has 0 atom stereocenters. The highest BCUT2D eigenvalue weighted by Crippen LogP contribution is 2.29. The predicted molar refractivity (Wildman–Crippen MR) is 91.1 cm³/mol. The molecule has 2 heterocycles. The first-order chi connectivity index (χ1) is 12.0. The van der Waals surface area contributed by atoms with E-state index in [9.17, 15) is 20.2 Å². The van der Waals surface area contributed by atoms with Crippen molar-refractivity contribution in [3.63, 3.8) is 0 Å². The van der Waals surface area contributed by atoms with E-state index in [-0.39, 0.29) is 11.4 Å². The summed E-state index contributed by atoms with van der Waals surface area (Å²) in [6.45, 7) is 1.91. The van der Waals surface area contributed by atoms with E-state index < -0.39 is 15.5 Å². The quantitative estimate of drug-likeness (QED) is 0.484. The number of hydrogen-bond acceptors (Lipinski definition) is 8. The molecule has 10 nitrogen and oxygen atoms in total. The van der Waals surface area contributed by atoms with Crippen molar-refractivity contribution < 1.29 is 14.3 Å². The van der Waals surface area contributed by atoms with Gasteiger partial charge in [0.15, 0.2) is 5.88 Å². The van der Waals surface area contributed by atoms with Gasteiger partial charge in [-0.15, -0.1) is 0 Å². The van der Waals surface area contributed by atoms with Crippen molar-refractivity contribution >= 4 is 29.2 Å². The van der Waals surface area contributed by atoms with Gasteiger partial charge in [0.05, 0.1) is 22.1 Å². The Labute approximate surface area is 142 Å². The SMILES string of the molecule is O=[N+]([O-])c1ccc(N/N=C\c2ccc(N3CCCC3)o2)c([N+](=O)[O-])c1. The van der Waals surface area contributed by atoms with E-state index in [0.717, 1.165) is 37.9 Å². The van der Waals surface area contributed by atoms with Crippen molar-refractivity contribution in [3.05, 3.63) is 56.3 Å². The lowest BCUT2D eigenvalue weighted by molar-refractivity contribution is -0.393. The summed E-state index contributed by atoms with van der Waals surface area (Å²) in [5, 5.41) is 25.7. The molecule has 1 N–H and O–H groups in total. The molecule has 0 radical (unpaired) electrons. The third kappa shape index (κ3) is 3.74. The highest BCUT2D eigenvalue weighted by Gasteiger charge is 2.19. The molecular formula is C15H15N5O5. The first-order valence-corrected chi connectivity index (χ1v) is 7.61. The predicted octanol–water partition coefficient (Wildman–Crippen LogP) is 3.14. The van der Waals surface area contributed by atoms with Crippen LogP contribution in [0.2, 0.25) is 0 Å². The summed E-state index contributed by atoms with van der Waals surface area (Å²) in [5.74, 6) is 1.26. The maximum Gasteiger partial charge on any atom is 0.301 e. The summed E-state index contributed by atoms with van der Waals surface area (Å²) in [6.07, 6.45) is 3.66. The Balaban J connectivity index is 1.71.